The zero-order chi connectivity index (χ0) is 12.4. The van der Waals surface area contributed by atoms with Crippen LogP contribution in [0.15, 0.2) is 34.9 Å². The first-order valence-corrected chi connectivity index (χ1v) is 6.43. The Morgan fingerprint density at radius 3 is 2.78 bits per heavy atom. The predicted molar refractivity (Wildman–Crippen MR) is 68.1 cm³/mol. The van der Waals surface area contributed by atoms with Gasteiger partial charge in [-0.2, -0.15) is 4.98 Å². The lowest BCUT2D eigenvalue weighted by molar-refractivity contribution is 0.350. The van der Waals surface area contributed by atoms with Crippen molar-refractivity contribution in [3.63, 3.8) is 0 Å². The summed E-state index contributed by atoms with van der Waals surface area (Å²) in [6.07, 6.45) is 3.81. The average Bonchev–Trinajstić information content (AvgIpc) is 2.99. The molecule has 2 unspecified atom stereocenters. The lowest BCUT2D eigenvalue weighted by atomic mass is 10.1. The topological polar surface area (TPSA) is 64.9 Å². The van der Waals surface area contributed by atoms with Gasteiger partial charge in [-0.15, -0.1) is 0 Å². The summed E-state index contributed by atoms with van der Waals surface area (Å²) in [6.45, 7) is 0. The first kappa shape index (κ1) is 11.4. The standard InChI is InChI=1S/C14H17N3O/c15-12-7-6-11(9-12)14-16-13(17-18-14)8-10-4-2-1-3-5-10/h1-5,11-12H,6-9,15H2. The molecule has 0 saturated heterocycles. The number of hydrogen-bond acceptors (Lipinski definition) is 4. The molecule has 1 saturated carbocycles. The van der Waals surface area contributed by atoms with E-state index in [4.69, 9.17) is 10.3 Å². The van der Waals surface area contributed by atoms with Gasteiger partial charge in [0, 0.05) is 18.4 Å². The van der Waals surface area contributed by atoms with E-state index in [0.717, 1.165) is 37.4 Å². The first-order chi connectivity index (χ1) is 8.81. The van der Waals surface area contributed by atoms with Gasteiger partial charge in [-0.05, 0) is 24.8 Å². The van der Waals surface area contributed by atoms with Crippen molar-refractivity contribution in [3.05, 3.63) is 47.6 Å². The van der Waals surface area contributed by atoms with Crippen molar-refractivity contribution < 1.29 is 4.52 Å². The summed E-state index contributed by atoms with van der Waals surface area (Å²) in [5.41, 5.74) is 7.10. The molecular weight excluding hydrogens is 226 g/mol. The van der Waals surface area contributed by atoms with E-state index in [1.165, 1.54) is 5.56 Å². The van der Waals surface area contributed by atoms with Crippen LogP contribution >= 0.6 is 0 Å². The highest BCUT2D eigenvalue weighted by Crippen LogP contribution is 2.32. The van der Waals surface area contributed by atoms with Crippen molar-refractivity contribution >= 4 is 0 Å². The normalized spacial score (nSPS) is 23.4. The lowest BCUT2D eigenvalue weighted by Crippen LogP contribution is -2.14. The smallest absolute Gasteiger partial charge is 0.229 e. The van der Waals surface area contributed by atoms with Crippen LogP contribution in [0.4, 0.5) is 0 Å². The van der Waals surface area contributed by atoms with Crippen molar-refractivity contribution in [1.29, 1.82) is 0 Å². The fraction of sp³-hybridized carbons (Fsp3) is 0.429. The summed E-state index contributed by atoms with van der Waals surface area (Å²) in [5.74, 6) is 1.88. The van der Waals surface area contributed by atoms with Gasteiger partial charge in [0.15, 0.2) is 5.82 Å². The molecule has 0 bridgehead atoms. The van der Waals surface area contributed by atoms with E-state index in [1.807, 2.05) is 18.2 Å². The molecule has 4 heteroatoms. The maximum atomic E-state index is 5.90. The summed E-state index contributed by atoms with van der Waals surface area (Å²) in [7, 11) is 0. The summed E-state index contributed by atoms with van der Waals surface area (Å²) < 4.78 is 5.35. The van der Waals surface area contributed by atoms with E-state index in [2.05, 4.69) is 22.3 Å². The molecule has 1 aliphatic rings. The molecule has 2 N–H and O–H groups in total. The van der Waals surface area contributed by atoms with Crippen LogP contribution in [0.25, 0.3) is 0 Å². The summed E-state index contributed by atoms with van der Waals surface area (Å²) in [4.78, 5) is 4.49. The molecule has 0 aliphatic heterocycles. The zero-order valence-electron chi connectivity index (χ0n) is 10.2. The first-order valence-electron chi connectivity index (χ1n) is 6.43. The lowest BCUT2D eigenvalue weighted by Gasteiger charge is -2.01. The Balaban J connectivity index is 1.70. The van der Waals surface area contributed by atoms with E-state index < -0.39 is 0 Å². The van der Waals surface area contributed by atoms with Gasteiger partial charge in [0.25, 0.3) is 0 Å². The second kappa shape index (κ2) is 4.90. The van der Waals surface area contributed by atoms with Crippen LogP contribution in [0.1, 0.15) is 42.5 Å². The van der Waals surface area contributed by atoms with Crippen molar-refractivity contribution in [2.45, 2.75) is 37.6 Å². The van der Waals surface area contributed by atoms with E-state index in [-0.39, 0.29) is 0 Å². The van der Waals surface area contributed by atoms with Crippen LogP contribution in [-0.4, -0.2) is 16.2 Å². The Bertz CT molecular complexity index is 509. The summed E-state index contributed by atoms with van der Waals surface area (Å²) in [6, 6.07) is 10.5. The van der Waals surface area contributed by atoms with E-state index >= 15 is 0 Å². The molecule has 3 rings (SSSR count). The van der Waals surface area contributed by atoms with Crippen molar-refractivity contribution in [2.75, 3.05) is 0 Å². The van der Waals surface area contributed by atoms with Gasteiger partial charge in [-0.25, -0.2) is 0 Å². The minimum absolute atomic E-state index is 0.291. The third-order valence-corrected chi connectivity index (χ3v) is 3.51. The van der Waals surface area contributed by atoms with Gasteiger partial charge < -0.3 is 10.3 Å². The third kappa shape index (κ3) is 2.43. The highest BCUT2D eigenvalue weighted by Gasteiger charge is 2.27. The van der Waals surface area contributed by atoms with Gasteiger partial charge in [-0.1, -0.05) is 35.5 Å². The quantitative estimate of drug-likeness (QED) is 0.898. The Morgan fingerprint density at radius 2 is 2.06 bits per heavy atom. The molecule has 1 aromatic carbocycles. The van der Waals surface area contributed by atoms with Gasteiger partial charge in [0.2, 0.25) is 5.89 Å². The second-order valence-electron chi connectivity index (χ2n) is 4.98. The number of benzene rings is 1. The largest absolute Gasteiger partial charge is 0.339 e. The SMILES string of the molecule is NC1CCC(c2nc(Cc3ccccc3)no2)C1. The summed E-state index contributed by atoms with van der Waals surface area (Å²) in [5, 5.41) is 4.05. The van der Waals surface area contributed by atoms with E-state index in [1.54, 1.807) is 0 Å². The predicted octanol–water partition coefficient (Wildman–Crippen LogP) is 2.26. The van der Waals surface area contributed by atoms with Crippen LogP contribution in [-0.2, 0) is 6.42 Å². The minimum atomic E-state index is 0.291. The van der Waals surface area contributed by atoms with Crippen LogP contribution < -0.4 is 5.73 Å². The number of nitrogens with two attached hydrogens (primary N) is 1. The number of aromatic nitrogens is 2. The number of rotatable bonds is 3. The summed E-state index contributed by atoms with van der Waals surface area (Å²) >= 11 is 0. The molecule has 0 amide bonds. The maximum absolute atomic E-state index is 5.90. The number of nitrogens with zero attached hydrogens (tertiary/aromatic N) is 2. The minimum Gasteiger partial charge on any atom is -0.339 e. The van der Waals surface area contributed by atoms with Gasteiger partial charge >= 0.3 is 0 Å². The molecule has 1 heterocycles. The molecule has 1 fully saturated rings. The fourth-order valence-corrected chi connectivity index (χ4v) is 2.52. The van der Waals surface area contributed by atoms with Crippen LogP contribution in [0.5, 0.6) is 0 Å². The van der Waals surface area contributed by atoms with Crippen molar-refractivity contribution in [1.82, 2.24) is 10.1 Å². The maximum Gasteiger partial charge on any atom is 0.229 e. The average molecular weight is 243 g/mol. The van der Waals surface area contributed by atoms with E-state index in [9.17, 15) is 0 Å². The fourth-order valence-electron chi connectivity index (χ4n) is 2.52. The molecule has 0 radical (unpaired) electrons. The molecule has 2 aromatic rings. The molecule has 1 aliphatic carbocycles. The van der Waals surface area contributed by atoms with Gasteiger partial charge in [0.1, 0.15) is 0 Å². The Kier molecular flexibility index (Phi) is 3.11. The molecule has 1 aromatic heterocycles. The molecule has 0 spiro atoms. The molecular formula is C14H17N3O. The molecule has 18 heavy (non-hydrogen) atoms. The van der Waals surface area contributed by atoms with Crippen molar-refractivity contribution in [2.24, 2.45) is 5.73 Å². The van der Waals surface area contributed by atoms with Crippen LogP contribution in [0.3, 0.4) is 0 Å². The zero-order valence-corrected chi connectivity index (χ0v) is 10.2. The van der Waals surface area contributed by atoms with E-state index in [0.29, 0.717) is 12.0 Å². The monoisotopic (exact) mass is 243 g/mol. The highest BCUT2D eigenvalue weighted by molar-refractivity contribution is 5.18. The Hall–Kier alpha value is -1.68. The molecule has 94 valence electrons. The Labute approximate surface area is 106 Å². The Morgan fingerprint density at radius 1 is 1.22 bits per heavy atom. The van der Waals surface area contributed by atoms with Crippen LogP contribution in [0.2, 0.25) is 0 Å². The van der Waals surface area contributed by atoms with Crippen LogP contribution in [0, 0.1) is 0 Å². The number of hydrogen-bond donors (Lipinski definition) is 1. The highest BCUT2D eigenvalue weighted by atomic mass is 16.5. The molecule has 4 nitrogen and oxygen atoms in total. The van der Waals surface area contributed by atoms with Gasteiger partial charge in [-0.3, -0.25) is 0 Å². The molecule has 2 atom stereocenters. The van der Waals surface area contributed by atoms with Gasteiger partial charge in [0.05, 0.1) is 0 Å². The third-order valence-electron chi connectivity index (χ3n) is 3.51. The van der Waals surface area contributed by atoms with Crippen molar-refractivity contribution in [3.8, 4) is 0 Å². The second-order valence-corrected chi connectivity index (χ2v) is 4.98.